The second-order valence-electron chi connectivity index (χ2n) is 4.18. The van der Waals surface area contributed by atoms with Gasteiger partial charge in [0.1, 0.15) is 0 Å². The van der Waals surface area contributed by atoms with E-state index in [0.717, 1.165) is 0 Å². The van der Waals surface area contributed by atoms with E-state index < -0.39 is 14.8 Å². The third-order valence-corrected chi connectivity index (χ3v) is 3.49. The van der Waals surface area contributed by atoms with Crippen LogP contribution in [0.1, 0.15) is 19.4 Å². The first-order valence-electron chi connectivity index (χ1n) is 4.79. The number of halogens is 2. The van der Waals surface area contributed by atoms with Crippen molar-refractivity contribution in [2.24, 2.45) is 0 Å². The molecule has 1 aliphatic heterocycles. The minimum Gasteiger partial charge on any atom is -0.449 e. The molecule has 0 spiro atoms. The van der Waals surface area contributed by atoms with E-state index in [9.17, 15) is 8.42 Å². The molecule has 7 heteroatoms. The summed E-state index contributed by atoms with van der Waals surface area (Å²) < 4.78 is 33.0. The van der Waals surface area contributed by atoms with Crippen molar-refractivity contribution in [3.8, 4) is 11.5 Å². The van der Waals surface area contributed by atoms with E-state index in [4.69, 9.17) is 31.8 Å². The normalized spacial score (nSPS) is 17.2. The van der Waals surface area contributed by atoms with Crippen molar-refractivity contribution in [2.75, 3.05) is 0 Å². The first-order chi connectivity index (χ1) is 7.66. The topological polar surface area (TPSA) is 52.6 Å². The van der Waals surface area contributed by atoms with Crippen LogP contribution in [-0.4, -0.2) is 14.2 Å². The molecule has 0 N–H and O–H groups in total. The highest BCUT2D eigenvalue weighted by Crippen LogP contribution is 2.42. The van der Waals surface area contributed by atoms with Crippen molar-refractivity contribution < 1.29 is 17.9 Å². The molecule has 0 radical (unpaired) electrons. The van der Waals surface area contributed by atoms with E-state index in [0.29, 0.717) is 17.1 Å². The molecule has 4 nitrogen and oxygen atoms in total. The molecule has 1 heterocycles. The first-order valence-corrected chi connectivity index (χ1v) is 7.65. The van der Waals surface area contributed by atoms with Gasteiger partial charge in [-0.05, 0) is 11.6 Å². The van der Waals surface area contributed by atoms with Crippen LogP contribution in [0.4, 0.5) is 0 Å². The third-order valence-electron chi connectivity index (χ3n) is 2.15. The molecule has 2 rings (SSSR count). The Hall–Kier alpha value is -0.650. The lowest BCUT2D eigenvalue weighted by molar-refractivity contribution is -0.0431. The molecule has 0 saturated heterocycles. The lowest BCUT2D eigenvalue weighted by Gasteiger charge is -2.16. The van der Waals surface area contributed by atoms with Crippen molar-refractivity contribution in [1.29, 1.82) is 0 Å². The van der Waals surface area contributed by atoms with Crippen molar-refractivity contribution in [1.82, 2.24) is 0 Å². The molecule has 1 aromatic rings. The van der Waals surface area contributed by atoms with E-state index in [1.165, 1.54) is 12.1 Å². The van der Waals surface area contributed by atoms with Gasteiger partial charge in [-0.25, -0.2) is 8.42 Å². The fourth-order valence-electron chi connectivity index (χ4n) is 1.58. The van der Waals surface area contributed by atoms with Gasteiger partial charge in [-0.2, -0.15) is 0 Å². The Labute approximate surface area is 109 Å². The Morgan fingerprint density at radius 1 is 1.24 bits per heavy atom. The minimum atomic E-state index is -3.65. The fraction of sp³-hybridized carbons (Fsp3) is 0.400. The van der Waals surface area contributed by atoms with E-state index in [1.807, 2.05) is 0 Å². The molecule has 1 aliphatic rings. The minimum absolute atomic E-state index is 0.286. The third kappa shape index (κ3) is 2.97. The Balaban J connectivity index is 2.40. The fourth-order valence-corrected chi connectivity index (χ4v) is 2.85. The van der Waals surface area contributed by atoms with Crippen molar-refractivity contribution in [3.63, 3.8) is 0 Å². The van der Waals surface area contributed by atoms with E-state index in [2.05, 4.69) is 0 Å². The highest BCUT2D eigenvalue weighted by atomic mass is 35.7. The molecule has 0 aliphatic carbocycles. The van der Waals surface area contributed by atoms with Crippen LogP contribution in [0.25, 0.3) is 0 Å². The molecule has 0 unspecified atom stereocenters. The van der Waals surface area contributed by atoms with Crippen LogP contribution in [0.15, 0.2) is 12.1 Å². The SMILES string of the molecule is CC1(C)Oc2cc(Cl)c(CS(=O)(=O)Cl)cc2O1. The van der Waals surface area contributed by atoms with Gasteiger partial charge in [0.05, 0.1) is 5.75 Å². The average Bonchev–Trinajstić information content (AvgIpc) is 2.36. The zero-order valence-electron chi connectivity index (χ0n) is 9.16. The molecule has 94 valence electrons. The van der Waals surface area contributed by atoms with Crippen LogP contribution in [-0.2, 0) is 14.8 Å². The summed E-state index contributed by atoms with van der Waals surface area (Å²) in [4.78, 5) is 0. The van der Waals surface area contributed by atoms with Crippen LogP contribution in [0.5, 0.6) is 11.5 Å². The molecular weight excluding hydrogens is 287 g/mol. The smallest absolute Gasteiger partial charge is 0.246 e. The van der Waals surface area contributed by atoms with Crippen LogP contribution < -0.4 is 9.47 Å². The predicted octanol–water partition coefficient (Wildman–Crippen LogP) is 2.92. The highest BCUT2D eigenvalue weighted by Gasteiger charge is 2.32. The van der Waals surface area contributed by atoms with Gasteiger partial charge < -0.3 is 9.47 Å². The van der Waals surface area contributed by atoms with Gasteiger partial charge in [0.15, 0.2) is 11.5 Å². The molecule has 0 bridgehead atoms. The summed E-state index contributed by atoms with van der Waals surface area (Å²) >= 11 is 5.95. The van der Waals surface area contributed by atoms with Gasteiger partial charge in [0.2, 0.25) is 14.8 Å². The Kier molecular flexibility index (Phi) is 2.96. The van der Waals surface area contributed by atoms with Crippen molar-refractivity contribution in [3.05, 3.63) is 22.7 Å². The molecule has 1 aromatic carbocycles. The molecule has 0 amide bonds. The summed E-state index contributed by atoms with van der Waals surface area (Å²) in [5.41, 5.74) is 0.390. The lowest BCUT2D eigenvalue weighted by Crippen LogP contribution is -2.29. The molecule has 0 saturated carbocycles. The number of rotatable bonds is 2. The summed E-state index contributed by atoms with van der Waals surface area (Å²) in [7, 11) is 1.53. The molecule has 0 atom stereocenters. The van der Waals surface area contributed by atoms with Gasteiger partial charge in [-0.1, -0.05) is 11.6 Å². The Morgan fingerprint density at radius 3 is 2.29 bits per heavy atom. The van der Waals surface area contributed by atoms with Crippen LogP contribution >= 0.6 is 22.3 Å². The quantitative estimate of drug-likeness (QED) is 0.788. The maximum Gasteiger partial charge on any atom is 0.246 e. The van der Waals surface area contributed by atoms with Gasteiger partial charge in [-0.3, -0.25) is 0 Å². The number of benzene rings is 1. The number of hydrogen-bond donors (Lipinski definition) is 0. The molecule has 0 fully saturated rings. The second kappa shape index (κ2) is 3.93. The lowest BCUT2D eigenvalue weighted by atomic mass is 10.2. The summed E-state index contributed by atoms with van der Waals surface area (Å²) in [6.45, 7) is 3.50. The number of ether oxygens (including phenoxy) is 2. The summed E-state index contributed by atoms with van der Waals surface area (Å²) in [6, 6.07) is 3.06. The largest absolute Gasteiger partial charge is 0.449 e. The predicted molar refractivity (Wildman–Crippen MR) is 65.3 cm³/mol. The highest BCUT2D eigenvalue weighted by molar-refractivity contribution is 8.13. The van der Waals surface area contributed by atoms with Crippen LogP contribution in [0.2, 0.25) is 5.02 Å². The number of fused-ring (bicyclic) bond motifs is 1. The average molecular weight is 297 g/mol. The Bertz CT molecular complexity index is 566. The standard InChI is InChI=1S/C10H10Cl2O4S/c1-10(2)15-8-3-6(5-17(12,13)14)7(11)4-9(8)16-10/h3-4H,5H2,1-2H3. The van der Waals surface area contributed by atoms with E-state index >= 15 is 0 Å². The van der Waals surface area contributed by atoms with E-state index in [-0.39, 0.29) is 10.8 Å². The number of hydrogen-bond acceptors (Lipinski definition) is 4. The van der Waals surface area contributed by atoms with Gasteiger partial charge in [0, 0.05) is 35.6 Å². The first kappa shape index (κ1) is 12.8. The van der Waals surface area contributed by atoms with Crippen LogP contribution in [0.3, 0.4) is 0 Å². The second-order valence-corrected chi connectivity index (χ2v) is 7.36. The summed E-state index contributed by atoms with van der Waals surface area (Å²) in [5, 5.41) is 0.286. The van der Waals surface area contributed by atoms with Crippen molar-refractivity contribution in [2.45, 2.75) is 25.4 Å². The monoisotopic (exact) mass is 296 g/mol. The van der Waals surface area contributed by atoms with Crippen molar-refractivity contribution >= 4 is 31.3 Å². The van der Waals surface area contributed by atoms with Gasteiger partial charge >= 0.3 is 0 Å². The Morgan fingerprint density at radius 2 is 1.76 bits per heavy atom. The molecule has 17 heavy (non-hydrogen) atoms. The summed E-state index contributed by atoms with van der Waals surface area (Å²) in [6.07, 6.45) is 0. The van der Waals surface area contributed by atoms with Gasteiger partial charge in [-0.15, -0.1) is 0 Å². The zero-order chi connectivity index (χ0) is 12.8. The van der Waals surface area contributed by atoms with Crippen LogP contribution in [0, 0.1) is 0 Å². The molecule has 0 aromatic heterocycles. The molecular formula is C10H10Cl2O4S. The zero-order valence-corrected chi connectivity index (χ0v) is 11.5. The summed E-state index contributed by atoms with van der Waals surface area (Å²) in [5.74, 6) is -0.153. The van der Waals surface area contributed by atoms with E-state index in [1.54, 1.807) is 13.8 Å². The van der Waals surface area contributed by atoms with Gasteiger partial charge in [0.25, 0.3) is 0 Å². The maximum atomic E-state index is 11.0. The maximum absolute atomic E-state index is 11.0.